The van der Waals surface area contributed by atoms with Crippen LogP contribution in [0.2, 0.25) is 0 Å². The number of aryl methyl sites for hydroxylation is 1. The van der Waals surface area contributed by atoms with E-state index in [1.807, 2.05) is 39.8 Å². The molecule has 3 nitrogen and oxygen atoms in total. The van der Waals surface area contributed by atoms with E-state index < -0.39 is 0 Å². The number of aromatic hydroxyl groups is 1. The monoisotopic (exact) mass is 258 g/mol. The summed E-state index contributed by atoms with van der Waals surface area (Å²) in [6, 6.07) is 8.16. The van der Waals surface area contributed by atoms with E-state index in [-0.39, 0.29) is 11.4 Å². The highest BCUT2D eigenvalue weighted by Crippen LogP contribution is 2.34. The van der Waals surface area contributed by atoms with Crippen LogP contribution in [0.5, 0.6) is 5.88 Å². The number of nitrogens with zero attached hydrogens (tertiary/aromatic N) is 2. The summed E-state index contributed by atoms with van der Waals surface area (Å²) in [6.45, 7) is 10.2. The van der Waals surface area contributed by atoms with Gasteiger partial charge in [-0.15, -0.1) is 0 Å². The molecule has 19 heavy (non-hydrogen) atoms. The van der Waals surface area contributed by atoms with Crippen LogP contribution in [-0.4, -0.2) is 14.9 Å². The van der Waals surface area contributed by atoms with Crippen LogP contribution >= 0.6 is 0 Å². The van der Waals surface area contributed by atoms with Gasteiger partial charge in [0.2, 0.25) is 5.88 Å². The maximum atomic E-state index is 10.4. The molecule has 1 N–H and O–H groups in total. The molecule has 0 amide bonds. The molecule has 102 valence electrons. The van der Waals surface area contributed by atoms with Crippen molar-refractivity contribution in [1.82, 2.24) is 9.78 Å². The Morgan fingerprint density at radius 1 is 1.21 bits per heavy atom. The lowest BCUT2D eigenvalue weighted by Gasteiger charge is -2.20. The van der Waals surface area contributed by atoms with Crippen LogP contribution in [0.1, 0.15) is 38.8 Å². The van der Waals surface area contributed by atoms with E-state index >= 15 is 0 Å². The normalized spacial score (nSPS) is 11.8. The first-order valence-corrected chi connectivity index (χ1v) is 6.73. The van der Waals surface area contributed by atoms with Crippen LogP contribution in [0.15, 0.2) is 24.3 Å². The highest BCUT2D eigenvalue weighted by atomic mass is 16.3. The summed E-state index contributed by atoms with van der Waals surface area (Å²) in [4.78, 5) is 0. The SMILES string of the molecule is CCc1c(-c2ccccc2C)nn(C(C)(C)C)c1O. The molecular weight excluding hydrogens is 236 g/mol. The first kappa shape index (κ1) is 13.7. The minimum absolute atomic E-state index is 0.227. The molecule has 0 aliphatic carbocycles. The number of aromatic nitrogens is 2. The zero-order chi connectivity index (χ0) is 14.2. The van der Waals surface area contributed by atoms with Crippen molar-refractivity contribution in [3.05, 3.63) is 35.4 Å². The molecule has 0 radical (unpaired) electrons. The lowest BCUT2D eigenvalue weighted by molar-refractivity contribution is 0.293. The van der Waals surface area contributed by atoms with Gasteiger partial charge in [0.05, 0.1) is 11.2 Å². The summed E-state index contributed by atoms with van der Waals surface area (Å²) >= 11 is 0. The molecule has 0 aliphatic heterocycles. The molecule has 0 saturated carbocycles. The highest BCUT2D eigenvalue weighted by molar-refractivity contribution is 5.68. The lowest BCUT2D eigenvalue weighted by atomic mass is 10.0. The molecule has 2 rings (SSSR count). The van der Waals surface area contributed by atoms with Crippen LogP contribution < -0.4 is 0 Å². The van der Waals surface area contributed by atoms with Gasteiger partial charge in [-0.2, -0.15) is 5.10 Å². The van der Waals surface area contributed by atoms with Crippen LogP contribution in [0.3, 0.4) is 0 Å². The Labute approximate surface area is 114 Å². The van der Waals surface area contributed by atoms with E-state index in [1.165, 1.54) is 5.56 Å². The Kier molecular flexibility index (Phi) is 3.40. The number of benzene rings is 1. The fourth-order valence-corrected chi connectivity index (χ4v) is 2.29. The third kappa shape index (κ3) is 2.37. The van der Waals surface area contributed by atoms with Crippen molar-refractivity contribution in [3.63, 3.8) is 0 Å². The Balaban J connectivity index is 2.68. The molecule has 0 fully saturated rings. The molecule has 1 aromatic heterocycles. The lowest BCUT2D eigenvalue weighted by Crippen LogP contribution is -2.22. The van der Waals surface area contributed by atoms with Crippen LogP contribution in [0, 0.1) is 6.92 Å². The summed E-state index contributed by atoms with van der Waals surface area (Å²) in [5.41, 5.74) is 3.86. The van der Waals surface area contributed by atoms with Gasteiger partial charge in [-0.25, -0.2) is 4.68 Å². The smallest absolute Gasteiger partial charge is 0.213 e. The number of rotatable bonds is 2. The minimum Gasteiger partial charge on any atom is -0.493 e. The zero-order valence-corrected chi connectivity index (χ0v) is 12.4. The Hall–Kier alpha value is -1.77. The second kappa shape index (κ2) is 4.72. The quantitative estimate of drug-likeness (QED) is 0.887. The van der Waals surface area contributed by atoms with Gasteiger partial charge >= 0.3 is 0 Å². The predicted octanol–water partition coefficient (Wildman–Crippen LogP) is 3.88. The van der Waals surface area contributed by atoms with Gasteiger partial charge in [-0.05, 0) is 39.7 Å². The standard InChI is InChI=1S/C16H22N2O/c1-6-12-14(13-10-8-7-9-11(13)2)17-18(15(12)19)16(3,4)5/h7-10,19H,6H2,1-5H3. The first-order chi connectivity index (χ1) is 8.86. The molecular formula is C16H22N2O. The maximum absolute atomic E-state index is 10.4. The Morgan fingerprint density at radius 2 is 1.84 bits per heavy atom. The summed E-state index contributed by atoms with van der Waals surface area (Å²) in [7, 11) is 0. The zero-order valence-electron chi connectivity index (χ0n) is 12.4. The molecule has 0 saturated heterocycles. The molecule has 0 spiro atoms. The molecule has 0 aliphatic rings. The molecule has 2 aromatic rings. The average Bonchev–Trinajstić information content (AvgIpc) is 2.66. The molecule has 0 unspecified atom stereocenters. The number of hydrogen-bond donors (Lipinski definition) is 1. The topological polar surface area (TPSA) is 38.0 Å². The van der Waals surface area contributed by atoms with Gasteiger partial charge in [-0.3, -0.25) is 0 Å². The molecule has 1 aromatic carbocycles. The second-order valence-electron chi connectivity index (χ2n) is 5.90. The fraction of sp³-hybridized carbons (Fsp3) is 0.438. The summed E-state index contributed by atoms with van der Waals surface area (Å²) in [5, 5.41) is 15.0. The van der Waals surface area contributed by atoms with E-state index in [0.29, 0.717) is 0 Å². The molecule has 0 bridgehead atoms. The van der Waals surface area contributed by atoms with E-state index in [9.17, 15) is 5.11 Å². The minimum atomic E-state index is -0.227. The number of hydrogen-bond acceptors (Lipinski definition) is 2. The maximum Gasteiger partial charge on any atom is 0.213 e. The van der Waals surface area contributed by atoms with Crippen molar-refractivity contribution in [1.29, 1.82) is 0 Å². The fourth-order valence-electron chi connectivity index (χ4n) is 2.29. The average molecular weight is 258 g/mol. The van der Waals surface area contributed by atoms with Gasteiger partial charge < -0.3 is 5.11 Å². The van der Waals surface area contributed by atoms with Gasteiger partial charge in [-0.1, -0.05) is 31.2 Å². The largest absolute Gasteiger partial charge is 0.493 e. The van der Waals surface area contributed by atoms with Crippen molar-refractivity contribution in [2.75, 3.05) is 0 Å². The van der Waals surface area contributed by atoms with Gasteiger partial charge in [0.15, 0.2) is 0 Å². The second-order valence-corrected chi connectivity index (χ2v) is 5.90. The van der Waals surface area contributed by atoms with Crippen molar-refractivity contribution >= 4 is 0 Å². The summed E-state index contributed by atoms with van der Waals surface area (Å²) in [5.74, 6) is 0.285. The van der Waals surface area contributed by atoms with Crippen molar-refractivity contribution in [2.45, 2.75) is 46.6 Å². The van der Waals surface area contributed by atoms with E-state index in [1.54, 1.807) is 4.68 Å². The summed E-state index contributed by atoms with van der Waals surface area (Å²) < 4.78 is 1.72. The van der Waals surface area contributed by atoms with Crippen molar-refractivity contribution in [2.24, 2.45) is 0 Å². The third-order valence-corrected chi connectivity index (χ3v) is 3.35. The van der Waals surface area contributed by atoms with Crippen LogP contribution in [0.4, 0.5) is 0 Å². The molecule has 1 heterocycles. The summed E-state index contributed by atoms with van der Waals surface area (Å²) in [6.07, 6.45) is 0.769. The van der Waals surface area contributed by atoms with E-state index in [0.717, 1.165) is 23.2 Å². The van der Waals surface area contributed by atoms with Gasteiger partial charge in [0.25, 0.3) is 0 Å². The van der Waals surface area contributed by atoms with Crippen molar-refractivity contribution < 1.29 is 5.11 Å². The van der Waals surface area contributed by atoms with Gasteiger partial charge in [0.1, 0.15) is 0 Å². The van der Waals surface area contributed by atoms with Gasteiger partial charge in [0, 0.05) is 11.1 Å². The van der Waals surface area contributed by atoms with E-state index in [2.05, 4.69) is 24.2 Å². The van der Waals surface area contributed by atoms with E-state index in [4.69, 9.17) is 0 Å². The molecule has 3 heteroatoms. The first-order valence-electron chi connectivity index (χ1n) is 6.73. The molecule has 0 atom stereocenters. The Morgan fingerprint density at radius 3 is 2.37 bits per heavy atom. The third-order valence-electron chi connectivity index (χ3n) is 3.35. The van der Waals surface area contributed by atoms with Crippen LogP contribution in [0.25, 0.3) is 11.3 Å². The van der Waals surface area contributed by atoms with Crippen molar-refractivity contribution in [3.8, 4) is 17.1 Å². The highest BCUT2D eigenvalue weighted by Gasteiger charge is 2.24. The van der Waals surface area contributed by atoms with Crippen LogP contribution in [-0.2, 0) is 12.0 Å². The Bertz CT molecular complexity index is 591. The predicted molar refractivity (Wildman–Crippen MR) is 78.4 cm³/mol.